The summed E-state index contributed by atoms with van der Waals surface area (Å²) in [5.74, 6) is 0.768. The van der Waals surface area contributed by atoms with Gasteiger partial charge in [0, 0.05) is 24.4 Å². The van der Waals surface area contributed by atoms with Crippen LogP contribution in [0.25, 0.3) is 0 Å². The first-order valence-electron chi connectivity index (χ1n) is 6.16. The zero-order chi connectivity index (χ0) is 12.3. The van der Waals surface area contributed by atoms with E-state index in [1.807, 2.05) is 13.0 Å². The number of nitro benzene ring substituents is 1. The quantitative estimate of drug-likeness (QED) is 0.640. The fourth-order valence-corrected chi connectivity index (χ4v) is 2.43. The molecule has 17 heavy (non-hydrogen) atoms. The average Bonchev–Trinajstić information content (AvgIpc) is 2.80. The van der Waals surface area contributed by atoms with Gasteiger partial charge in [0.1, 0.15) is 0 Å². The van der Waals surface area contributed by atoms with Gasteiger partial charge in [0.15, 0.2) is 0 Å². The first kappa shape index (κ1) is 11.9. The summed E-state index contributed by atoms with van der Waals surface area (Å²) in [5, 5.41) is 14.0. The van der Waals surface area contributed by atoms with Gasteiger partial charge in [-0.25, -0.2) is 0 Å². The maximum Gasteiger partial charge on any atom is 0.269 e. The van der Waals surface area contributed by atoms with E-state index in [0.717, 1.165) is 23.7 Å². The predicted octanol–water partition coefficient (Wildman–Crippen LogP) is 3.51. The van der Waals surface area contributed by atoms with E-state index in [4.69, 9.17) is 0 Å². The third kappa shape index (κ3) is 2.96. The number of nitrogens with one attached hydrogen (secondary N) is 1. The number of hydrogen-bond donors (Lipinski definition) is 1. The molecule has 0 unspecified atom stereocenters. The lowest BCUT2D eigenvalue weighted by Crippen LogP contribution is -2.11. The van der Waals surface area contributed by atoms with Gasteiger partial charge in [-0.05, 0) is 37.3 Å². The molecule has 1 aromatic carbocycles. The van der Waals surface area contributed by atoms with Gasteiger partial charge in [0.2, 0.25) is 0 Å². The molecule has 1 aliphatic rings. The van der Waals surface area contributed by atoms with Gasteiger partial charge < -0.3 is 5.32 Å². The van der Waals surface area contributed by atoms with Crippen molar-refractivity contribution in [1.29, 1.82) is 0 Å². The summed E-state index contributed by atoms with van der Waals surface area (Å²) in [5.41, 5.74) is 2.12. The largest absolute Gasteiger partial charge is 0.385 e. The first-order chi connectivity index (χ1) is 8.16. The van der Waals surface area contributed by atoms with Gasteiger partial charge in [-0.15, -0.1) is 0 Å². The van der Waals surface area contributed by atoms with Crippen LogP contribution in [0.15, 0.2) is 18.2 Å². The fraction of sp³-hybridized carbons (Fsp3) is 0.538. The van der Waals surface area contributed by atoms with E-state index in [1.165, 1.54) is 25.7 Å². The Labute approximate surface area is 101 Å². The zero-order valence-electron chi connectivity index (χ0n) is 10.1. The summed E-state index contributed by atoms with van der Waals surface area (Å²) in [6, 6.07) is 4.99. The van der Waals surface area contributed by atoms with Crippen LogP contribution in [0, 0.1) is 23.0 Å². The van der Waals surface area contributed by atoms with E-state index >= 15 is 0 Å². The van der Waals surface area contributed by atoms with Crippen molar-refractivity contribution in [2.24, 2.45) is 5.92 Å². The van der Waals surface area contributed by atoms with Crippen LogP contribution in [-0.2, 0) is 0 Å². The molecule has 0 saturated heterocycles. The predicted molar refractivity (Wildman–Crippen MR) is 68.3 cm³/mol. The number of nitro groups is 1. The van der Waals surface area contributed by atoms with Gasteiger partial charge in [0.25, 0.3) is 5.69 Å². The van der Waals surface area contributed by atoms with Crippen LogP contribution < -0.4 is 5.32 Å². The van der Waals surface area contributed by atoms with Crippen LogP contribution in [-0.4, -0.2) is 11.5 Å². The van der Waals surface area contributed by atoms with Crippen LogP contribution in [0.2, 0.25) is 0 Å². The van der Waals surface area contributed by atoms with E-state index in [2.05, 4.69) is 5.32 Å². The smallest absolute Gasteiger partial charge is 0.269 e. The number of aryl methyl sites for hydroxylation is 1. The molecular formula is C13H18N2O2. The van der Waals surface area contributed by atoms with Crippen LogP contribution in [0.3, 0.4) is 0 Å². The fourth-order valence-electron chi connectivity index (χ4n) is 2.43. The zero-order valence-corrected chi connectivity index (χ0v) is 10.1. The number of hydrogen-bond acceptors (Lipinski definition) is 3. The van der Waals surface area contributed by atoms with Gasteiger partial charge in [-0.2, -0.15) is 0 Å². The van der Waals surface area contributed by atoms with Gasteiger partial charge >= 0.3 is 0 Å². The molecule has 1 N–H and O–H groups in total. The van der Waals surface area contributed by atoms with Crippen molar-refractivity contribution in [2.45, 2.75) is 32.6 Å². The maximum atomic E-state index is 10.6. The van der Waals surface area contributed by atoms with E-state index in [0.29, 0.717) is 0 Å². The molecule has 0 bridgehead atoms. The Kier molecular flexibility index (Phi) is 3.61. The van der Waals surface area contributed by atoms with E-state index < -0.39 is 0 Å². The first-order valence-corrected chi connectivity index (χ1v) is 6.16. The van der Waals surface area contributed by atoms with Crippen molar-refractivity contribution in [3.63, 3.8) is 0 Å². The minimum atomic E-state index is -0.353. The van der Waals surface area contributed by atoms with Gasteiger partial charge in [0.05, 0.1) is 4.92 Å². The molecular weight excluding hydrogens is 216 g/mol. The highest BCUT2D eigenvalue weighted by Gasteiger charge is 2.15. The lowest BCUT2D eigenvalue weighted by atomic mass is 10.1. The van der Waals surface area contributed by atoms with Gasteiger partial charge in [-0.3, -0.25) is 10.1 Å². The van der Waals surface area contributed by atoms with Crippen molar-refractivity contribution in [3.05, 3.63) is 33.9 Å². The normalized spacial score (nSPS) is 16.1. The lowest BCUT2D eigenvalue weighted by Gasteiger charge is -2.13. The van der Waals surface area contributed by atoms with Gasteiger partial charge in [-0.1, -0.05) is 12.8 Å². The summed E-state index contributed by atoms with van der Waals surface area (Å²) >= 11 is 0. The number of anilines is 1. The number of rotatable bonds is 4. The second kappa shape index (κ2) is 5.17. The molecule has 1 fully saturated rings. The minimum Gasteiger partial charge on any atom is -0.385 e. The third-order valence-electron chi connectivity index (χ3n) is 3.48. The molecule has 0 amide bonds. The topological polar surface area (TPSA) is 55.2 Å². The monoisotopic (exact) mass is 234 g/mol. The summed E-state index contributed by atoms with van der Waals surface area (Å²) in [6.07, 6.45) is 5.29. The van der Waals surface area contributed by atoms with Crippen molar-refractivity contribution < 1.29 is 4.92 Å². The Hall–Kier alpha value is -1.58. The second-order valence-corrected chi connectivity index (χ2v) is 4.79. The molecule has 0 spiro atoms. The van der Waals surface area contributed by atoms with Crippen molar-refractivity contribution in [2.75, 3.05) is 11.9 Å². The van der Waals surface area contributed by atoms with E-state index in [9.17, 15) is 10.1 Å². The van der Waals surface area contributed by atoms with Crippen molar-refractivity contribution in [1.82, 2.24) is 0 Å². The average molecular weight is 234 g/mol. The molecule has 0 atom stereocenters. The molecule has 92 valence electrons. The number of non-ortho nitro benzene ring substituents is 1. The summed E-state index contributed by atoms with van der Waals surface area (Å²) in [4.78, 5) is 10.3. The lowest BCUT2D eigenvalue weighted by molar-refractivity contribution is -0.384. The molecule has 1 saturated carbocycles. The van der Waals surface area contributed by atoms with Crippen LogP contribution in [0.5, 0.6) is 0 Å². The standard InChI is InChI=1S/C13H18N2O2/c1-10-8-12(15(16)17)6-7-13(10)14-9-11-4-2-3-5-11/h6-8,11,14H,2-5,9H2,1H3. The Morgan fingerprint density at radius 2 is 2.12 bits per heavy atom. The molecule has 4 heteroatoms. The van der Waals surface area contributed by atoms with Crippen LogP contribution in [0.4, 0.5) is 11.4 Å². The molecule has 1 aromatic rings. The van der Waals surface area contributed by atoms with E-state index in [-0.39, 0.29) is 10.6 Å². The van der Waals surface area contributed by atoms with Crippen LogP contribution >= 0.6 is 0 Å². The third-order valence-corrected chi connectivity index (χ3v) is 3.48. The molecule has 0 aliphatic heterocycles. The summed E-state index contributed by atoms with van der Waals surface area (Å²) in [6.45, 7) is 2.89. The van der Waals surface area contributed by atoms with E-state index in [1.54, 1.807) is 12.1 Å². The second-order valence-electron chi connectivity index (χ2n) is 4.79. The molecule has 0 heterocycles. The molecule has 2 rings (SSSR count). The van der Waals surface area contributed by atoms with Crippen LogP contribution in [0.1, 0.15) is 31.2 Å². The highest BCUT2D eigenvalue weighted by molar-refractivity contribution is 5.55. The summed E-state index contributed by atoms with van der Waals surface area (Å²) in [7, 11) is 0. The Morgan fingerprint density at radius 3 is 2.71 bits per heavy atom. The Balaban J connectivity index is 1.98. The maximum absolute atomic E-state index is 10.6. The molecule has 4 nitrogen and oxygen atoms in total. The molecule has 0 radical (unpaired) electrons. The van der Waals surface area contributed by atoms with Crippen molar-refractivity contribution in [3.8, 4) is 0 Å². The number of benzene rings is 1. The highest BCUT2D eigenvalue weighted by Crippen LogP contribution is 2.26. The molecule has 0 aromatic heterocycles. The highest BCUT2D eigenvalue weighted by atomic mass is 16.6. The SMILES string of the molecule is Cc1cc([N+](=O)[O-])ccc1NCC1CCCC1. The minimum absolute atomic E-state index is 0.161. The Bertz CT molecular complexity index is 412. The Morgan fingerprint density at radius 1 is 1.41 bits per heavy atom. The number of nitrogens with zero attached hydrogens (tertiary/aromatic N) is 1. The summed E-state index contributed by atoms with van der Waals surface area (Å²) < 4.78 is 0. The molecule has 1 aliphatic carbocycles. The van der Waals surface area contributed by atoms with Crippen molar-refractivity contribution >= 4 is 11.4 Å².